The van der Waals surface area contributed by atoms with E-state index in [1.165, 1.54) is 6.08 Å². The minimum Gasteiger partial charge on any atom is -0.294 e. The summed E-state index contributed by atoms with van der Waals surface area (Å²) < 4.78 is 0. The van der Waals surface area contributed by atoms with Gasteiger partial charge < -0.3 is 0 Å². The van der Waals surface area contributed by atoms with Crippen LogP contribution in [0.15, 0.2) is 23.4 Å². The van der Waals surface area contributed by atoms with E-state index in [0.29, 0.717) is 12.0 Å². The highest BCUT2D eigenvalue weighted by Gasteiger charge is 2.34. The molecule has 2 aliphatic rings. The number of nitrogens with zero attached hydrogens (tertiary/aromatic N) is 1. The monoisotopic (exact) mass is 193 g/mol. The molecule has 4 nitrogen and oxygen atoms in total. The van der Waals surface area contributed by atoms with E-state index in [2.05, 4.69) is 0 Å². The summed E-state index contributed by atoms with van der Waals surface area (Å²) in [6.45, 7) is 0. The molecular weight excluding hydrogens is 182 g/mol. The van der Waals surface area contributed by atoms with Crippen molar-refractivity contribution in [2.24, 2.45) is 5.92 Å². The number of fused-ring (bicyclic) bond motifs is 1. The Morgan fingerprint density at radius 1 is 1.50 bits per heavy atom. The highest BCUT2D eigenvalue weighted by atomic mass is 16.6. The van der Waals surface area contributed by atoms with Gasteiger partial charge in [-0.3, -0.25) is 14.9 Å². The molecule has 0 aromatic carbocycles. The highest BCUT2D eigenvalue weighted by Crippen LogP contribution is 2.35. The molecule has 2 aliphatic carbocycles. The fraction of sp³-hybridized carbons (Fsp3) is 0.500. The fourth-order valence-electron chi connectivity index (χ4n) is 2.20. The van der Waals surface area contributed by atoms with E-state index in [4.69, 9.17) is 0 Å². The van der Waals surface area contributed by atoms with Crippen molar-refractivity contribution in [3.63, 3.8) is 0 Å². The van der Waals surface area contributed by atoms with Gasteiger partial charge in [0.2, 0.25) is 0 Å². The summed E-state index contributed by atoms with van der Waals surface area (Å²) in [7, 11) is 0. The van der Waals surface area contributed by atoms with Gasteiger partial charge in [-0.1, -0.05) is 6.08 Å². The van der Waals surface area contributed by atoms with Crippen molar-refractivity contribution < 1.29 is 9.72 Å². The van der Waals surface area contributed by atoms with Crippen LogP contribution >= 0.6 is 0 Å². The first-order chi connectivity index (χ1) is 6.70. The minimum atomic E-state index is -0.443. The van der Waals surface area contributed by atoms with Gasteiger partial charge in [0.25, 0.3) is 5.70 Å². The number of hydrogen-bond donors (Lipinski definition) is 0. The molecule has 0 spiro atoms. The second-order valence-corrected chi connectivity index (χ2v) is 3.71. The molecule has 0 bridgehead atoms. The maximum absolute atomic E-state index is 11.5. The van der Waals surface area contributed by atoms with Crippen molar-refractivity contribution in [2.75, 3.05) is 0 Å². The molecule has 0 amide bonds. The Kier molecular flexibility index (Phi) is 2.19. The van der Waals surface area contributed by atoms with Crippen LogP contribution in [-0.4, -0.2) is 10.7 Å². The van der Waals surface area contributed by atoms with E-state index in [1.807, 2.05) is 0 Å². The maximum atomic E-state index is 11.5. The number of ketones is 1. The van der Waals surface area contributed by atoms with E-state index in [1.54, 1.807) is 6.08 Å². The zero-order chi connectivity index (χ0) is 10.1. The number of hydrogen-bond acceptors (Lipinski definition) is 3. The number of carbonyl (C=O) groups excluding carboxylic acids is 1. The summed E-state index contributed by atoms with van der Waals surface area (Å²) in [6, 6.07) is 0. The van der Waals surface area contributed by atoms with E-state index in [-0.39, 0.29) is 17.4 Å². The summed E-state index contributed by atoms with van der Waals surface area (Å²) in [5, 5.41) is 10.7. The molecule has 1 saturated carbocycles. The van der Waals surface area contributed by atoms with Gasteiger partial charge >= 0.3 is 0 Å². The van der Waals surface area contributed by atoms with E-state index in [0.717, 1.165) is 19.3 Å². The molecule has 0 radical (unpaired) electrons. The van der Waals surface area contributed by atoms with Crippen LogP contribution in [0.3, 0.4) is 0 Å². The largest absolute Gasteiger partial charge is 0.294 e. The van der Waals surface area contributed by atoms with Crippen LogP contribution in [0, 0.1) is 16.0 Å². The van der Waals surface area contributed by atoms with Gasteiger partial charge in [-0.25, -0.2) is 0 Å². The van der Waals surface area contributed by atoms with Crippen molar-refractivity contribution in [1.29, 1.82) is 0 Å². The average Bonchev–Trinajstić information content (AvgIpc) is 2.17. The topological polar surface area (TPSA) is 60.2 Å². The van der Waals surface area contributed by atoms with Crippen LogP contribution in [0.4, 0.5) is 0 Å². The highest BCUT2D eigenvalue weighted by molar-refractivity contribution is 5.97. The Labute approximate surface area is 81.4 Å². The lowest BCUT2D eigenvalue weighted by Crippen LogP contribution is -2.24. The summed E-state index contributed by atoms with van der Waals surface area (Å²) in [5.74, 6) is 0.0685. The molecule has 0 aromatic heterocycles. The van der Waals surface area contributed by atoms with Crippen molar-refractivity contribution >= 4 is 5.78 Å². The summed E-state index contributed by atoms with van der Waals surface area (Å²) in [4.78, 5) is 21.8. The second kappa shape index (κ2) is 3.36. The number of Topliss-reactive ketones (excluding diaryl/α,β-unsaturated/α-hetero) is 1. The number of allylic oxidation sites excluding steroid dienone is 3. The van der Waals surface area contributed by atoms with Crippen LogP contribution < -0.4 is 0 Å². The van der Waals surface area contributed by atoms with Crippen molar-refractivity contribution in [2.45, 2.75) is 25.7 Å². The molecule has 1 atom stereocenters. The van der Waals surface area contributed by atoms with Crippen molar-refractivity contribution in [3.05, 3.63) is 33.5 Å². The van der Waals surface area contributed by atoms with Gasteiger partial charge in [0.1, 0.15) is 0 Å². The van der Waals surface area contributed by atoms with Gasteiger partial charge in [0, 0.05) is 12.5 Å². The molecule has 1 fully saturated rings. The Hall–Kier alpha value is -1.45. The maximum Gasteiger partial charge on any atom is 0.276 e. The molecular formula is C10H11NO3. The van der Waals surface area contributed by atoms with Crippen LogP contribution in [-0.2, 0) is 4.79 Å². The molecule has 4 heteroatoms. The lowest BCUT2D eigenvalue weighted by atomic mass is 9.78. The van der Waals surface area contributed by atoms with Gasteiger partial charge in [0.15, 0.2) is 5.78 Å². The lowest BCUT2D eigenvalue weighted by Gasteiger charge is -2.24. The number of nitro groups is 1. The van der Waals surface area contributed by atoms with Crippen LogP contribution in [0.5, 0.6) is 0 Å². The molecule has 14 heavy (non-hydrogen) atoms. The predicted octanol–water partition coefficient (Wildman–Crippen LogP) is 1.85. The normalized spacial score (nSPS) is 26.3. The zero-order valence-corrected chi connectivity index (χ0v) is 7.73. The van der Waals surface area contributed by atoms with E-state index in [9.17, 15) is 14.9 Å². The predicted molar refractivity (Wildman–Crippen MR) is 50.1 cm³/mol. The Bertz CT molecular complexity index is 354. The molecule has 0 heterocycles. The molecule has 1 unspecified atom stereocenters. The van der Waals surface area contributed by atoms with E-state index >= 15 is 0 Å². The van der Waals surface area contributed by atoms with Crippen LogP contribution in [0.25, 0.3) is 0 Å². The second-order valence-electron chi connectivity index (χ2n) is 3.71. The molecule has 0 N–H and O–H groups in total. The molecule has 0 saturated heterocycles. The van der Waals surface area contributed by atoms with E-state index < -0.39 is 4.92 Å². The van der Waals surface area contributed by atoms with Crippen LogP contribution in [0.2, 0.25) is 0 Å². The Balaban J connectivity index is 2.46. The van der Waals surface area contributed by atoms with Gasteiger partial charge in [-0.05, 0) is 25.2 Å². The SMILES string of the molecule is O=C1CCCC2CC=CC([N+](=O)[O-])=C12. The average molecular weight is 193 g/mol. The first kappa shape index (κ1) is 9.12. The molecule has 0 aliphatic heterocycles. The first-order valence-corrected chi connectivity index (χ1v) is 4.78. The van der Waals surface area contributed by atoms with Gasteiger partial charge in [-0.2, -0.15) is 0 Å². The van der Waals surface area contributed by atoms with Crippen molar-refractivity contribution in [3.8, 4) is 0 Å². The number of carbonyl (C=O) groups is 1. The summed E-state index contributed by atoms with van der Waals surface area (Å²) in [5.41, 5.74) is 0.481. The van der Waals surface area contributed by atoms with Gasteiger partial charge in [-0.15, -0.1) is 0 Å². The summed E-state index contributed by atoms with van der Waals surface area (Å²) in [6.07, 6.45) is 6.28. The minimum absolute atomic E-state index is 0.0194. The van der Waals surface area contributed by atoms with Crippen molar-refractivity contribution in [1.82, 2.24) is 0 Å². The lowest BCUT2D eigenvalue weighted by molar-refractivity contribution is -0.420. The Morgan fingerprint density at radius 2 is 2.29 bits per heavy atom. The molecule has 0 aromatic rings. The zero-order valence-electron chi connectivity index (χ0n) is 7.73. The molecule has 74 valence electrons. The molecule has 2 rings (SSSR count). The Morgan fingerprint density at radius 3 is 3.00 bits per heavy atom. The standard InChI is InChI=1S/C10H11NO3/c12-9-6-2-4-7-3-1-5-8(10(7)9)11(13)14/h1,5,7H,2-4,6H2. The quantitative estimate of drug-likeness (QED) is 0.471. The first-order valence-electron chi connectivity index (χ1n) is 4.78. The number of rotatable bonds is 1. The smallest absolute Gasteiger partial charge is 0.276 e. The van der Waals surface area contributed by atoms with Crippen LogP contribution in [0.1, 0.15) is 25.7 Å². The van der Waals surface area contributed by atoms with Gasteiger partial charge in [0.05, 0.1) is 10.5 Å². The third-order valence-corrected chi connectivity index (χ3v) is 2.83. The fourth-order valence-corrected chi connectivity index (χ4v) is 2.20. The third kappa shape index (κ3) is 1.36. The third-order valence-electron chi connectivity index (χ3n) is 2.83. The summed E-state index contributed by atoms with van der Waals surface area (Å²) >= 11 is 0.